The molecular formula is C15H17N3. The van der Waals surface area contributed by atoms with E-state index in [0.717, 1.165) is 22.5 Å². The Hall–Kier alpha value is -2.21. The van der Waals surface area contributed by atoms with E-state index in [-0.39, 0.29) is 0 Å². The highest BCUT2D eigenvalue weighted by Crippen LogP contribution is 2.29. The molecule has 1 heterocycles. The molecule has 3 heteroatoms. The maximum absolute atomic E-state index is 9.16. The largest absolute Gasteiger partial charge is 0.384 e. The van der Waals surface area contributed by atoms with Gasteiger partial charge in [-0.1, -0.05) is 12.1 Å². The van der Waals surface area contributed by atoms with E-state index in [9.17, 15) is 0 Å². The molecule has 18 heavy (non-hydrogen) atoms. The number of aryl methyl sites for hydroxylation is 2. The third-order valence-corrected chi connectivity index (χ3v) is 3.47. The summed E-state index contributed by atoms with van der Waals surface area (Å²) >= 11 is 0. The molecule has 0 saturated carbocycles. The van der Waals surface area contributed by atoms with E-state index in [1.165, 1.54) is 5.56 Å². The van der Waals surface area contributed by atoms with Crippen LogP contribution in [0.25, 0.3) is 5.69 Å². The Kier molecular flexibility index (Phi) is 2.88. The molecule has 3 nitrogen and oxygen atoms in total. The van der Waals surface area contributed by atoms with Gasteiger partial charge in [-0.05, 0) is 50.5 Å². The second-order valence-electron chi connectivity index (χ2n) is 4.71. The summed E-state index contributed by atoms with van der Waals surface area (Å²) in [4.78, 5) is 0. The van der Waals surface area contributed by atoms with Crippen LogP contribution in [0.2, 0.25) is 0 Å². The number of nitrogens with zero attached hydrogens (tertiary/aromatic N) is 2. The van der Waals surface area contributed by atoms with Crippen molar-refractivity contribution in [3.05, 3.63) is 46.1 Å². The first kappa shape index (κ1) is 12.3. The molecule has 0 aliphatic rings. The smallest absolute Gasteiger partial charge is 0.126 e. The van der Waals surface area contributed by atoms with Gasteiger partial charge in [0.1, 0.15) is 11.9 Å². The topological polar surface area (TPSA) is 54.7 Å². The second kappa shape index (κ2) is 4.23. The van der Waals surface area contributed by atoms with E-state index in [0.29, 0.717) is 11.4 Å². The van der Waals surface area contributed by atoms with Crippen molar-refractivity contribution in [2.75, 3.05) is 5.73 Å². The van der Waals surface area contributed by atoms with Crippen LogP contribution in [-0.2, 0) is 0 Å². The Bertz CT molecular complexity index is 657. The number of hydrogen-bond donors (Lipinski definition) is 1. The number of nitrogens with two attached hydrogens (primary N) is 1. The first-order valence-corrected chi connectivity index (χ1v) is 5.92. The second-order valence-corrected chi connectivity index (χ2v) is 4.71. The summed E-state index contributed by atoms with van der Waals surface area (Å²) in [5.74, 6) is 0.529. The number of nitrogen functional groups attached to an aromatic ring is 1. The highest BCUT2D eigenvalue weighted by molar-refractivity contribution is 5.63. The van der Waals surface area contributed by atoms with Gasteiger partial charge in [-0.15, -0.1) is 0 Å². The van der Waals surface area contributed by atoms with Crippen molar-refractivity contribution in [2.24, 2.45) is 0 Å². The van der Waals surface area contributed by atoms with Gasteiger partial charge in [0, 0.05) is 5.69 Å². The number of hydrogen-bond acceptors (Lipinski definition) is 2. The van der Waals surface area contributed by atoms with Crippen LogP contribution in [0.4, 0.5) is 5.82 Å². The predicted octanol–water partition coefficient (Wildman–Crippen LogP) is 3.16. The molecule has 2 N–H and O–H groups in total. The summed E-state index contributed by atoms with van der Waals surface area (Å²) < 4.78 is 1.97. The Morgan fingerprint density at radius 3 is 2.39 bits per heavy atom. The Labute approximate surface area is 107 Å². The van der Waals surface area contributed by atoms with Crippen molar-refractivity contribution in [3.63, 3.8) is 0 Å². The standard InChI is InChI=1S/C15H17N3/c1-9-5-6-10(2)14(7-9)18-12(4)11(3)13(8-16)15(18)17/h5-7H,17H2,1-4H3. The van der Waals surface area contributed by atoms with Gasteiger partial charge in [-0.3, -0.25) is 4.57 Å². The number of aromatic nitrogens is 1. The highest BCUT2D eigenvalue weighted by Gasteiger charge is 2.17. The van der Waals surface area contributed by atoms with Crippen molar-refractivity contribution < 1.29 is 0 Å². The Morgan fingerprint density at radius 1 is 1.17 bits per heavy atom. The molecule has 1 aromatic heterocycles. The van der Waals surface area contributed by atoms with Crippen LogP contribution in [0, 0.1) is 39.0 Å². The molecule has 0 spiro atoms. The van der Waals surface area contributed by atoms with Crippen LogP contribution in [0.15, 0.2) is 18.2 Å². The first-order valence-electron chi connectivity index (χ1n) is 5.92. The number of benzene rings is 1. The average molecular weight is 239 g/mol. The Balaban J connectivity index is 2.80. The van der Waals surface area contributed by atoms with Crippen molar-refractivity contribution in [1.82, 2.24) is 4.57 Å². The minimum absolute atomic E-state index is 0.529. The zero-order valence-electron chi connectivity index (χ0n) is 11.2. The summed E-state index contributed by atoms with van der Waals surface area (Å²) in [7, 11) is 0. The quantitative estimate of drug-likeness (QED) is 0.831. The lowest BCUT2D eigenvalue weighted by atomic mass is 10.1. The molecule has 1 aromatic carbocycles. The lowest BCUT2D eigenvalue weighted by Gasteiger charge is -2.13. The van der Waals surface area contributed by atoms with E-state index in [1.807, 2.05) is 18.4 Å². The van der Waals surface area contributed by atoms with Crippen molar-refractivity contribution in [2.45, 2.75) is 27.7 Å². The van der Waals surface area contributed by atoms with Crippen molar-refractivity contribution >= 4 is 5.82 Å². The van der Waals surface area contributed by atoms with Gasteiger partial charge in [0.2, 0.25) is 0 Å². The summed E-state index contributed by atoms with van der Waals surface area (Å²) in [6.07, 6.45) is 0. The summed E-state index contributed by atoms with van der Waals surface area (Å²) in [5.41, 5.74) is 12.0. The van der Waals surface area contributed by atoms with Gasteiger partial charge in [0.25, 0.3) is 0 Å². The van der Waals surface area contributed by atoms with Gasteiger partial charge in [-0.25, -0.2) is 0 Å². The maximum atomic E-state index is 9.16. The molecule has 2 rings (SSSR count). The lowest BCUT2D eigenvalue weighted by Crippen LogP contribution is -2.04. The van der Waals surface area contributed by atoms with E-state index in [1.54, 1.807) is 0 Å². The van der Waals surface area contributed by atoms with E-state index >= 15 is 0 Å². The fourth-order valence-corrected chi connectivity index (χ4v) is 2.25. The highest BCUT2D eigenvalue weighted by atomic mass is 15.1. The fourth-order valence-electron chi connectivity index (χ4n) is 2.25. The van der Waals surface area contributed by atoms with Crippen LogP contribution in [0.5, 0.6) is 0 Å². The molecule has 0 aliphatic heterocycles. The molecule has 0 amide bonds. The number of anilines is 1. The van der Waals surface area contributed by atoms with Gasteiger partial charge < -0.3 is 5.73 Å². The molecule has 2 aromatic rings. The molecule has 0 radical (unpaired) electrons. The Morgan fingerprint density at radius 2 is 1.83 bits per heavy atom. The average Bonchev–Trinajstić information content (AvgIpc) is 2.54. The molecule has 92 valence electrons. The van der Waals surface area contributed by atoms with Gasteiger partial charge in [-0.2, -0.15) is 5.26 Å². The van der Waals surface area contributed by atoms with Crippen LogP contribution in [-0.4, -0.2) is 4.57 Å². The molecule has 0 bridgehead atoms. The van der Waals surface area contributed by atoms with E-state index < -0.39 is 0 Å². The number of nitriles is 1. The molecule has 0 saturated heterocycles. The molecule has 0 unspecified atom stereocenters. The van der Waals surface area contributed by atoms with Crippen molar-refractivity contribution in [1.29, 1.82) is 5.26 Å². The minimum atomic E-state index is 0.529. The van der Waals surface area contributed by atoms with Crippen LogP contribution in [0.3, 0.4) is 0 Å². The molecule has 0 fully saturated rings. The minimum Gasteiger partial charge on any atom is -0.384 e. The zero-order valence-corrected chi connectivity index (χ0v) is 11.2. The van der Waals surface area contributed by atoms with E-state index in [2.05, 4.69) is 38.1 Å². The van der Waals surface area contributed by atoms with Crippen LogP contribution >= 0.6 is 0 Å². The third-order valence-electron chi connectivity index (χ3n) is 3.47. The summed E-state index contributed by atoms with van der Waals surface area (Å²) in [6.45, 7) is 8.03. The molecule has 0 atom stereocenters. The normalized spacial score (nSPS) is 10.4. The monoisotopic (exact) mass is 239 g/mol. The van der Waals surface area contributed by atoms with Gasteiger partial charge in [0.05, 0.1) is 11.3 Å². The van der Waals surface area contributed by atoms with Crippen LogP contribution in [0.1, 0.15) is 27.9 Å². The fraction of sp³-hybridized carbons (Fsp3) is 0.267. The maximum Gasteiger partial charge on any atom is 0.126 e. The number of rotatable bonds is 1. The summed E-state index contributed by atoms with van der Waals surface area (Å²) in [6, 6.07) is 8.43. The molecule has 0 aliphatic carbocycles. The van der Waals surface area contributed by atoms with Crippen molar-refractivity contribution in [3.8, 4) is 11.8 Å². The predicted molar refractivity (Wildman–Crippen MR) is 73.8 cm³/mol. The first-order chi connectivity index (χ1) is 8.47. The molecular weight excluding hydrogens is 222 g/mol. The third kappa shape index (κ3) is 1.67. The van der Waals surface area contributed by atoms with Crippen LogP contribution < -0.4 is 5.73 Å². The van der Waals surface area contributed by atoms with Gasteiger partial charge in [0.15, 0.2) is 0 Å². The van der Waals surface area contributed by atoms with Gasteiger partial charge >= 0.3 is 0 Å². The SMILES string of the molecule is Cc1ccc(C)c(-n2c(C)c(C)c(C#N)c2N)c1. The lowest BCUT2D eigenvalue weighted by molar-refractivity contribution is 1.000. The zero-order chi connectivity index (χ0) is 13.4. The van der Waals surface area contributed by atoms with E-state index in [4.69, 9.17) is 11.0 Å². The summed E-state index contributed by atoms with van der Waals surface area (Å²) in [5, 5.41) is 9.16.